The Morgan fingerprint density at radius 3 is 2.59 bits per heavy atom. The number of carboxylic acids is 1. The fraction of sp³-hybridized carbons (Fsp3) is 0.0833. The number of hydrogen-bond donors (Lipinski definition) is 1. The van der Waals surface area contributed by atoms with Gasteiger partial charge in [0.25, 0.3) is 15.7 Å². The first-order valence-electron chi connectivity index (χ1n) is 5.85. The van der Waals surface area contributed by atoms with Crippen molar-refractivity contribution in [2.24, 2.45) is 0 Å². The average molecular weight is 342 g/mol. The number of nitro benzene ring substituents is 1. The zero-order valence-electron chi connectivity index (χ0n) is 10.9. The van der Waals surface area contributed by atoms with Crippen molar-refractivity contribution in [1.29, 1.82) is 0 Å². The van der Waals surface area contributed by atoms with Crippen molar-refractivity contribution in [1.82, 2.24) is 0 Å². The molecule has 1 aromatic carbocycles. The minimum absolute atomic E-state index is 0.0414. The first-order valence-corrected chi connectivity index (χ1v) is 8.17. The molecule has 0 radical (unpaired) electrons. The molecule has 0 unspecified atom stereocenters. The number of non-ortho nitro benzene ring substituents is 1. The highest BCUT2D eigenvalue weighted by molar-refractivity contribution is 7.94. The lowest BCUT2D eigenvalue weighted by atomic mass is 10.3. The minimum atomic E-state index is -4.10. The molecular formula is C12H10N2O6S2. The van der Waals surface area contributed by atoms with E-state index in [4.69, 9.17) is 5.11 Å². The smallest absolute Gasteiger partial charge is 0.324 e. The zero-order valence-corrected chi connectivity index (χ0v) is 12.6. The van der Waals surface area contributed by atoms with Crippen LogP contribution >= 0.6 is 11.3 Å². The van der Waals surface area contributed by atoms with E-state index in [1.54, 1.807) is 5.38 Å². The van der Waals surface area contributed by atoms with E-state index in [1.807, 2.05) is 0 Å². The van der Waals surface area contributed by atoms with Gasteiger partial charge in [-0.3, -0.25) is 19.2 Å². The first kappa shape index (κ1) is 15.9. The number of rotatable bonds is 6. The predicted molar refractivity (Wildman–Crippen MR) is 79.6 cm³/mol. The van der Waals surface area contributed by atoms with Crippen molar-refractivity contribution in [3.63, 3.8) is 0 Å². The van der Waals surface area contributed by atoms with Gasteiger partial charge in [0.1, 0.15) is 10.8 Å². The van der Waals surface area contributed by atoms with Gasteiger partial charge in [-0.2, -0.15) is 0 Å². The van der Waals surface area contributed by atoms with E-state index < -0.39 is 27.5 Å². The number of hydrogen-bond acceptors (Lipinski definition) is 6. The molecule has 0 bridgehead atoms. The van der Waals surface area contributed by atoms with Crippen LogP contribution in [0.3, 0.4) is 0 Å². The lowest BCUT2D eigenvalue weighted by Crippen LogP contribution is -2.35. The van der Waals surface area contributed by atoms with Gasteiger partial charge in [0.15, 0.2) is 0 Å². The fourth-order valence-corrected chi connectivity index (χ4v) is 4.23. The Morgan fingerprint density at radius 1 is 1.32 bits per heavy atom. The van der Waals surface area contributed by atoms with E-state index in [-0.39, 0.29) is 15.6 Å². The van der Waals surface area contributed by atoms with Gasteiger partial charge >= 0.3 is 5.97 Å². The van der Waals surface area contributed by atoms with Crippen molar-refractivity contribution < 1.29 is 23.2 Å². The Morgan fingerprint density at radius 2 is 2.05 bits per heavy atom. The number of aliphatic carboxylic acids is 1. The van der Waals surface area contributed by atoms with E-state index in [0.29, 0.717) is 4.31 Å². The van der Waals surface area contributed by atoms with Crippen LogP contribution in [0.5, 0.6) is 0 Å². The Hall–Kier alpha value is -2.46. The van der Waals surface area contributed by atoms with Gasteiger partial charge < -0.3 is 5.11 Å². The van der Waals surface area contributed by atoms with Gasteiger partial charge in [0.05, 0.1) is 10.6 Å². The van der Waals surface area contributed by atoms with Crippen molar-refractivity contribution in [2.75, 3.05) is 10.8 Å². The molecule has 0 atom stereocenters. The van der Waals surface area contributed by atoms with E-state index in [2.05, 4.69) is 0 Å². The molecule has 116 valence electrons. The van der Waals surface area contributed by atoms with Crippen LogP contribution in [0.1, 0.15) is 0 Å². The van der Waals surface area contributed by atoms with Crippen LogP contribution < -0.4 is 4.31 Å². The van der Waals surface area contributed by atoms with Crippen LogP contribution in [0.25, 0.3) is 0 Å². The van der Waals surface area contributed by atoms with E-state index >= 15 is 0 Å². The number of nitro groups is 1. The van der Waals surface area contributed by atoms with E-state index in [1.165, 1.54) is 30.3 Å². The SMILES string of the molecule is O=C(O)CN(c1cccc([N+](=O)[O-])c1)S(=O)(=O)c1cccs1. The number of sulfonamides is 1. The molecule has 0 aliphatic heterocycles. The Kier molecular flexibility index (Phi) is 4.43. The van der Waals surface area contributed by atoms with Crippen LogP contribution in [0, 0.1) is 10.1 Å². The summed E-state index contributed by atoms with van der Waals surface area (Å²) in [5, 5.41) is 21.3. The number of benzene rings is 1. The van der Waals surface area contributed by atoms with Crippen LogP contribution in [0.4, 0.5) is 11.4 Å². The van der Waals surface area contributed by atoms with Gasteiger partial charge in [0, 0.05) is 12.1 Å². The van der Waals surface area contributed by atoms with Gasteiger partial charge in [-0.1, -0.05) is 12.1 Å². The highest BCUT2D eigenvalue weighted by Crippen LogP contribution is 2.28. The third-order valence-corrected chi connectivity index (χ3v) is 5.79. The number of carboxylic acid groups (broad SMARTS) is 1. The van der Waals surface area contributed by atoms with Crippen molar-refractivity contribution in [2.45, 2.75) is 4.21 Å². The third kappa shape index (κ3) is 3.23. The molecule has 8 nitrogen and oxygen atoms in total. The van der Waals surface area contributed by atoms with Gasteiger partial charge in [0.2, 0.25) is 0 Å². The summed E-state index contributed by atoms with van der Waals surface area (Å²) in [5.41, 5.74) is -0.403. The molecule has 0 fully saturated rings. The number of thiophene rings is 1. The molecular weight excluding hydrogens is 332 g/mol. The predicted octanol–water partition coefficient (Wildman–Crippen LogP) is 1.94. The molecule has 2 aromatic rings. The second-order valence-corrected chi connectivity index (χ2v) is 7.15. The number of nitrogens with zero attached hydrogens (tertiary/aromatic N) is 2. The summed E-state index contributed by atoms with van der Waals surface area (Å²) in [6.45, 7) is -0.832. The topological polar surface area (TPSA) is 118 Å². The lowest BCUT2D eigenvalue weighted by molar-refractivity contribution is -0.384. The van der Waals surface area contributed by atoms with Crippen molar-refractivity contribution in [3.05, 3.63) is 51.9 Å². The maximum atomic E-state index is 12.5. The largest absolute Gasteiger partial charge is 0.480 e. The Bertz CT molecular complexity index is 801. The summed E-state index contributed by atoms with van der Waals surface area (Å²) in [7, 11) is -4.10. The molecule has 0 saturated heterocycles. The summed E-state index contributed by atoms with van der Waals surface area (Å²) in [6.07, 6.45) is 0. The molecule has 0 spiro atoms. The normalized spacial score (nSPS) is 11.1. The minimum Gasteiger partial charge on any atom is -0.480 e. The van der Waals surface area contributed by atoms with Crippen LogP contribution in [0.2, 0.25) is 0 Å². The van der Waals surface area contributed by atoms with Gasteiger partial charge in [-0.05, 0) is 17.5 Å². The van der Waals surface area contributed by atoms with Crippen LogP contribution in [-0.2, 0) is 14.8 Å². The lowest BCUT2D eigenvalue weighted by Gasteiger charge is -2.21. The zero-order chi connectivity index (χ0) is 16.3. The molecule has 0 aliphatic carbocycles. The number of anilines is 1. The molecule has 0 saturated carbocycles. The summed E-state index contributed by atoms with van der Waals surface area (Å²) in [6, 6.07) is 7.68. The standard InChI is InChI=1S/C12H10N2O6S2/c15-11(16)8-13(22(19,20)12-5-2-6-21-12)9-3-1-4-10(7-9)14(17)18/h1-7H,8H2,(H,15,16). The highest BCUT2D eigenvalue weighted by Gasteiger charge is 2.28. The average Bonchev–Trinajstić information content (AvgIpc) is 2.99. The maximum Gasteiger partial charge on any atom is 0.324 e. The maximum absolute atomic E-state index is 12.5. The molecule has 1 aromatic heterocycles. The van der Waals surface area contributed by atoms with Crippen molar-refractivity contribution >= 4 is 38.7 Å². The third-order valence-electron chi connectivity index (χ3n) is 2.65. The summed E-state index contributed by atoms with van der Waals surface area (Å²) >= 11 is 0.934. The first-order chi connectivity index (χ1) is 10.3. The van der Waals surface area contributed by atoms with Crippen LogP contribution in [-0.4, -0.2) is 31.0 Å². The van der Waals surface area contributed by atoms with Gasteiger partial charge in [-0.15, -0.1) is 11.3 Å². The molecule has 0 amide bonds. The molecule has 0 aliphatic rings. The Balaban J connectivity index is 2.54. The van der Waals surface area contributed by atoms with Crippen molar-refractivity contribution in [3.8, 4) is 0 Å². The highest BCUT2D eigenvalue weighted by atomic mass is 32.2. The van der Waals surface area contributed by atoms with Crippen LogP contribution in [0.15, 0.2) is 46.0 Å². The van der Waals surface area contributed by atoms with E-state index in [9.17, 15) is 23.3 Å². The quantitative estimate of drug-likeness (QED) is 0.633. The second-order valence-electron chi connectivity index (χ2n) is 4.11. The molecule has 10 heteroatoms. The Labute approximate surface area is 129 Å². The summed E-state index contributed by atoms with van der Waals surface area (Å²) in [5.74, 6) is -1.37. The fourth-order valence-electron chi connectivity index (χ4n) is 1.72. The molecule has 2 rings (SSSR count). The number of carbonyl (C=O) groups is 1. The molecule has 1 heterocycles. The summed E-state index contributed by atoms with van der Waals surface area (Å²) in [4.78, 5) is 21.1. The molecule has 1 N–H and O–H groups in total. The summed E-state index contributed by atoms with van der Waals surface area (Å²) < 4.78 is 25.6. The van der Waals surface area contributed by atoms with E-state index in [0.717, 1.165) is 17.4 Å². The molecule has 22 heavy (non-hydrogen) atoms. The van der Waals surface area contributed by atoms with Gasteiger partial charge in [-0.25, -0.2) is 8.42 Å². The second kappa shape index (κ2) is 6.12. The monoisotopic (exact) mass is 342 g/mol.